The van der Waals surface area contributed by atoms with Gasteiger partial charge >= 0.3 is 6.18 Å². The van der Waals surface area contributed by atoms with Crippen LogP contribution >= 0.6 is 0 Å². The third kappa shape index (κ3) is 4.63. The Morgan fingerprint density at radius 1 is 1.15 bits per heavy atom. The highest BCUT2D eigenvalue weighted by Crippen LogP contribution is 2.44. The van der Waals surface area contributed by atoms with Crippen LogP contribution in [0.5, 0.6) is 5.88 Å². The number of halogens is 4. The third-order valence-electron chi connectivity index (χ3n) is 7.97. The molecule has 41 heavy (non-hydrogen) atoms. The minimum absolute atomic E-state index is 0.00458. The fourth-order valence-corrected chi connectivity index (χ4v) is 6.03. The lowest BCUT2D eigenvalue weighted by atomic mass is 10.0. The molecule has 13 heteroatoms. The van der Waals surface area contributed by atoms with Gasteiger partial charge in [0.2, 0.25) is 5.88 Å². The molecule has 1 saturated heterocycles. The van der Waals surface area contributed by atoms with Gasteiger partial charge < -0.3 is 15.8 Å². The SMILES string of the molecule is COc1ncc(-c2cc(C(F)(F)F)c3c(N)ncnn23)cc1C(=O)N[C@H]1CN(C2CC(C)c3ccccc32)C[C@@H]1F. The smallest absolute Gasteiger partial charge is 0.418 e. The number of benzene rings is 1. The maximum atomic E-state index is 15.3. The first-order valence-electron chi connectivity index (χ1n) is 13.1. The van der Waals surface area contributed by atoms with Crippen molar-refractivity contribution in [3.8, 4) is 17.1 Å². The number of alkyl halides is 4. The fourth-order valence-electron chi connectivity index (χ4n) is 6.03. The molecule has 0 bridgehead atoms. The van der Waals surface area contributed by atoms with E-state index in [1.165, 1.54) is 30.5 Å². The molecule has 1 aliphatic carbocycles. The van der Waals surface area contributed by atoms with Gasteiger partial charge in [-0.3, -0.25) is 9.69 Å². The van der Waals surface area contributed by atoms with Crippen molar-refractivity contribution in [3.05, 3.63) is 71.2 Å². The molecule has 1 amide bonds. The van der Waals surface area contributed by atoms with Crippen LogP contribution in [0.15, 0.2) is 48.9 Å². The molecule has 0 radical (unpaired) electrons. The molecule has 0 saturated carbocycles. The summed E-state index contributed by atoms with van der Waals surface area (Å²) in [5.41, 5.74) is 6.85. The molecule has 0 spiro atoms. The number of nitrogens with two attached hydrogens (primary N) is 1. The van der Waals surface area contributed by atoms with E-state index in [9.17, 15) is 18.0 Å². The Kier molecular flexibility index (Phi) is 6.56. The first-order valence-corrected chi connectivity index (χ1v) is 13.1. The Balaban J connectivity index is 1.28. The summed E-state index contributed by atoms with van der Waals surface area (Å²) in [5, 5.41) is 6.70. The largest absolute Gasteiger partial charge is 0.480 e. The number of pyridine rings is 1. The fraction of sp³-hybridized carbons (Fsp3) is 0.357. The van der Waals surface area contributed by atoms with Crippen molar-refractivity contribution in [1.29, 1.82) is 0 Å². The van der Waals surface area contributed by atoms with Gasteiger partial charge in [-0.15, -0.1) is 0 Å². The first-order chi connectivity index (χ1) is 19.6. The quantitative estimate of drug-likeness (QED) is 0.343. The summed E-state index contributed by atoms with van der Waals surface area (Å²) in [6.45, 7) is 2.63. The van der Waals surface area contributed by atoms with Crippen LogP contribution in [0.1, 0.15) is 52.4 Å². The second kappa shape index (κ2) is 9.98. The van der Waals surface area contributed by atoms with Crippen molar-refractivity contribution in [2.24, 2.45) is 0 Å². The van der Waals surface area contributed by atoms with E-state index in [2.05, 4.69) is 44.3 Å². The highest BCUT2D eigenvalue weighted by molar-refractivity contribution is 5.98. The van der Waals surface area contributed by atoms with Gasteiger partial charge in [0.15, 0.2) is 5.82 Å². The lowest BCUT2D eigenvalue weighted by Gasteiger charge is -2.24. The lowest BCUT2D eigenvalue weighted by molar-refractivity contribution is -0.136. The van der Waals surface area contributed by atoms with Gasteiger partial charge in [0.05, 0.1) is 24.4 Å². The minimum atomic E-state index is -4.73. The number of aromatic nitrogens is 4. The number of ether oxygens (including phenoxy) is 1. The van der Waals surface area contributed by atoms with E-state index in [4.69, 9.17) is 10.5 Å². The second-order valence-electron chi connectivity index (χ2n) is 10.5. The number of amides is 1. The number of carbonyl (C=O) groups is 1. The van der Waals surface area contributed by atoms with E-state index in [1.54, 1.807) is 0 Å². The Hall–Kier alpha value is -4.26. The highest BCUT2D eigenvalue weighted by Gasteiger charge is 2.41. The summed E-state index contributed by atoms with van der Waals surface area (Å²) >= 11 is 0. The molecule has 4 heterocycles. The molecule has 214 valence electrons. The topological polar surface area (TPSA) is 111 Å². The van der Waals surface area contributed by atoms with E-state index < -0.39 is 35.4 Å². The van der Waals surface area contributed by atoms with Gasteiger partial charge in [-0.1, -0.05) is 31.2 Å². The average molecular weight is 570 g/mol. The Bertz CT molecular complexity index is 1640. The van der Waals surface area contributed by atoms with Gasteiger partial charge in [-0.05, 0) is 35.6 Å². The molecule has 3 aromatic heterocycles. The average Bonchev–Trinajstić information content (AvgIpc) is 3.62. The monoisotopic (exact) mass is 569 g/mol. The molecule has 1 aromatic carbocycles. The molecule has 4 atom stereocenters. The normalized spacial score (nSPS) is 22.7. The number of hydrogen-bond acceptors (Lipinski definition) is 7. The number of nitrogen functional groups attached to an aromatic ring is 1. The molecule has 4 aromatic rings. The van der Waals surface area contributed by atoms with Crippen LogP contribution in [-0.2, 0) is 6.18 Å². The van der Waals surface area contributed by atoms with Crippen LogP contribution in [0.2, 0.25) is 0 Å². The molecule has 3 N–H and O–H groups in total. The number of anilines is 1. The zero-order valence-corrected chi connectivity index (χ0v) is 22.2. The molecule has 1 aliphatic heterocycles. The standard InChI is InChI=1S/C28H27F4N7O2/c1-14-7-23(17-6-4-3-5-16(14)17)38-11-20(29)21(12-38)37-26(40)18-8-15(10-34-27(18)41-2)22-9-19(28(30,31)32)24-25(33)35-13-36-39(22)24/h3-6,8-10,13-14,20-21,23H,7,11-12H2,1-2H3,(H,37,40)(H2,33,35,36)/t14?,20-,21-,23?/m0/s1. The minimum Gasteiger partial charge on any atom is -0.480 e. The molecule has 9 nitrogen and oxygen atoms in total. The Labute approximate surface area is 232 Å². The zero-order chi connectivity index (χ0) is 29.1. The predicted octanol–water partition coefficient (Wildman–Crippen LogP) is 4.40. The molecule has 2 aliphatic rings. The number of nitrogens with zero attached hydrogens (tertiary/aromatic N) is 5. The van der Waals surface area contributed by atoms with Crippen LogP contribution in [0.3, 0.4) is 0 Å². The predicted molar refractivity (Wildman–Crippen MR) is 142 cm³/mol. The number of nitrogens with one attached hydrogen (secondary N) is 1. The van der Waals surface area contributed by atoms with Gasteiger partial charge in [-0.2, -0.15) is 18.3 Å². The van der Waals surface area contributed by atoms with Crippen LogP contribution in [0.4, 0.5) is 23.4 Å². The van der Waals surface area contributed by atoms with Gasteiger partial charge in [-0.25, -0.2) is 18.9 Å². The summed E-state index contributed by atoms with van der Waals surface area (Å²) in [5.74, 6) is -0.709. The molecule has 6 rings (SSSR count). The van der Waals surface area contributed by atoms with Gasteiger partial charge in [0.1, 0.15) is 23.6 Å². The van der Waals surface area contributed by atoms with Crippen molar-refractivity contribution in [3.63, 3.8) is 0 Å². The van der Waals surface area contributed by atoms with Crippen molar-refractivity contribution in [1.82, 2.24) is 29.8 Å². The van der Waals surface area contributed by atoms with E-state index in [0.29, 0.717) is 12.5 Å². The number of fused-ring (bicyclic) bond motifs is 2. The van der Waals surface area contributed by atoms with E-state index in [0.717, 1.165) is 23.3 Å². The first kappa shape index (κ1) is 26.9. The van der Waals surface area contributed by atoms with Crippen LogP contribution in [-0.4, -0.2) is 62.8 Å². The Morgan fingerprint density at radius 2 is 1.90 bits per heavy atom. The van der Waals surface area contributed by atoms with Crippen LogP contribution in [0, 0.1) is 0 Å². The summed E-state index contributed by atoms with van der Waals surface area (Å²) < 4.78 is 62.9. The maximum absolute atomic E-state index is 15.3. The van der Waals surface area contributed by atoms with Crippen LogP contribution < -0.4 is 15.8 Å². The number of methoxy groups -OCH3 is 1. The zero-order valence-electron chi connectivity index (χ0n) is 22.2. The van der Waals surface area contributed by atoms with E-state index in [-0.39, 0.29) is 41.1 Å². The summed E-state index contributed by atoms with van der Waals surface area (Å²) in [6, 6.07) is 9.62. The second-order valence-corrected chi connectivity index (χ2v) is 10.5. The lowest BCUT2D eigenvalue weighted by Crippen LogP contribution is -2.41. The molecular weight excluding hydrogens is 542 g/mol. The summed E-state index contributed by atoms with van der Waals surface area (Å²) in [7, 11) is 1.31. The summed E-state index contributed by atoms with van der Waals surface area (Å²) in [6.07, 6.45) is -2.87. The van der Waals surface area contributed by atoms with Crippen molar-refractivity contribution < 1.29 is 27.1 Å². The van der Waals surface area contributed by atoms with Gasteiger partial charge in [0, 0.05) is 30.9 Å². The van der Waals surface area contributed by atoms with Crippen molar-refractivity contribution >= 4 is 17.2 Å². The maximum Gasteiger partial charge on any atom is 0.418 e. The van der Waals surface area contributed by atoms with Crippen LogP contribution in [0.25, 0.3) is 16.8 Å². The molecule has 1 fully saturated rings. The Morgan fingerprint density at radius 3 is 2.63 bits per heavy atom. The molecular formula is C28H27F4N7O2. The van der Waals surface area contributed by atoms with E-state index in [1.807, 2.05) is 12.1 Å². The molecule has 2 unspecified atom stereocenters. The number of likely N-dealkylation sites (tertiary alicyclic amines) is 1. The highest BCUT2D eigenvalue weighted by atomic mass is 19.4. The number of carbonyl (C=O) groups excluding carboxylic acids is 1. The number of rotatable bonds is 5. The third-order valence-corrected chi connectivity index (χ3v) is 7.97. The van der Waals surface area contributed by atoms with Crippen molar-refractivity contribution in [2.75, 3.05) is 25.9 Å². The van der Waals surface area contributed by atoms with E-state index >= 15 is 4.39 Å². The van der Waals surface area contributed by atoms with Crippen molar-refractivity contribution in [2.45, 2.75) is 43.7 Å². The summed E-state index contributed by atoms with van der Waals surface area (Å²) in [4.78, 5) is 23.3. The number of hydrogen-bond donors (Lipinski definition) is 2. The van der Waals surface area contributed by atoms with Gasteiger partial charge in [0.25, 0.3) is 5.91 Å².